The van der Waals surface area contributed by atoms with Crippen LogP contribution in [0.1, 0.15) is 37.4 Å². The molecule has 1 aromatic heterocycles. The number of halogens is 1. The topological polar surface area (TPSA) is 34.1 Å². The van der Waals surface area contributed by atoms with Gasteiger partial charge in [-0.1, -0.05) is 19.1 Å². The molecule has 0 saturated carbocycles. The molecule has 0 bridgehead atoms. The quantitative estimate of drug-likeness (QED) is 0.800. The number of pyridine rings is 1. The maximum absolute atomic E-state index is 5.78. The van der Waals surface area contributed by atoms with Gasteiger partial charge in [-0.3, -0.25) is 4.98 Å². The van der Waals surface area contributed by atoms with Gasteiger partial charge in [0.1, 0.15) is 12.4 Å². The van der Waals surface area contributed by atoms with E-state index in [1.54, 1.807) is 6.20 Å². The van der Waals surface area contributed by atoms with Gasteiger partial charge in [0.2, 0.25) is 0 Å². The van der Waals surface area contributed by atoms with Crippen molar-refractivity contribution in [1.82, 2.24) is 10.3 Å². The average Bonchev–Trinajstić information content (AvgIpc) is 2.51. The lowest BCUT2D eigenvalue weighted by atomic mass is 10.1. The molecule has 112 valence electrons. The summed E-state index contributed by atoms with van der Waals surface area (Å²) >= 11 is 3.41. The van der Waals surface area contributed by atoms with E-state index in [0.29, 0.717) is 12.6 Å². The first-order valence-electron chi connectivity index (χ1n) is 7.24. The molecule has 21 heavy (non-hydrogen) atoms. The minimum Gasteiger partial charge on any atom is -0.489 e. The fourth-order valence-corrected chi connectivity index (χ4v) is 2.45. The second-order valence-corrected chi connectivity index (χ2v) is 5.96. The maximum Gasteiger partial charge on any atom is 0.119 e. The van der Waals surface area contributed by atoms with Gasteiger partial charge in [0.15, 0.2) is 0 Å². The van der Waals surface area contributed by atoms with Gasteiger partial charge in [-0.2, -0.15) is 0 Å². The first-order valence-corrected chi connectivity index (χ1v) is 8.04. The molecular weight excluding hydrogens is 328 g/mol. The van der Waals surface area contributed by atoms with Crippen LogP contribution < -0.4 is 10.1 Å². The highest BCUT2D eigenvalue weighted by atomic mass is 79.9. The minimum atomic E-state index is 0.369. The predicted molar refractivity (Wildman–Crippen MR) is 89.4 cm³/mol. The molecule has 1 aromatic carbocycles. The van der Waals surface area contributed by atoms with Crippen LogP contribution in [0.15, 0.2) is 47.2 Å². The lowest BCUT2D eigenvalue weighted by Crippen LogP contribution is -2.19. The van der Waals surface area contributed by atoms with Crippen molar-refractivity contribution >= 4 is 15.9 Å². The van der Waals surface area contributed by atoms with Crippen molar-refractivity contribution in [2.75, 3.05) is 6.54 Å². The Labute approximate surface area is 134 Å². The molecule has 0 saturated heterocycles. The van der Waals surface area contributed by atoms with Crippen LogP contribution in [0.5, 0.6) is 5.75 Å². The Morgan fingerprint density at radius 2 is 2.00 bits per heavy atom. The third kappa shape index (κ3) is 5.14. The van der Waals surface area contributed by atoms with Crippen molar-refractivity contribution < 1.29 is 4.74 Å². The van der Waals surface area contributed by atoms with Crippen molar-refractivity contribution in [2.45, 2.75) is 32.9 Å². The largest absolute Gasteiger partial charge is 0.489 e. The van der Waals surface area contributed by atoms with Gasteiger partial charge < -0.3 is 10.1 Å². The average molecular weight is 349 g/mol. The van der Waals surface area contributed by atoms with E-state index < -0.39 is 0 Å². The normalized spacial score (nSPS) is 12.1. The zero-order chi connectivity index (χ0) is 15.1. The summed E-state index contributed by atoms with van der Waals surface area (Å²) in [6.07, 6.45) is 4.73. The second-order valence-electron chi connectivity index (χ2n) is 5.04. The van der Waals surface area contributed by atoms with Crippen molar-refractivity contribution in [3.8, 4) is 5.75 Å². The molecule has 0 aliphatic rings. The number of aromatic nitrogens is 1. The molecule has 0 radical (unpaired) electrons. The summed E-state index contributed by atoms with van der Waals surface area (Å²) in [6, 6.07) is 10.6. The van der Waals surface area contributed by atoms with Crippen LogP contribution in [-0.2, 0) is 6.61 Å². The second kappa shape index (κ2) is 8.15. The Hall–Kier alpha value is -1.39. The number of benzene rings is 1. The van der Waals surface area contributed by atoms with Gasteiger partial charge >= 0.3 is 0 Å². The molecule has 0 spiro atoms. The first-order chi connectivity index (χ1) is 10.2. The Balaban J connectivity index is 1.90. The lowest BCUT2D eigenvalue weighted by molar-refractivity contribution is 0.305. The van der Waals surface area contributed by atoms with E-state index in [1.807, 2.05) is 24.4 Å². The number of ether oxygens (including phenoxy) is 1. The van der Waals surface area contributed by atoms with Gasteiger partial charge in [-0.25, -0.2) is 0 Å². The number of nitrogens with zero attached hydrogens (tertiary/aromatic N) is 1. The molecule has 1 atom stereocenters. The summed E-state index contributed by atoms with van der Waals surface area (Å²) in [5.74, 6) is 0.876. The molecule has 0 fully saturated rings. The Morgan fingerprint density at radius 3 is 2.67 bits per heavy atom. The zero-order valence-electron chi connectivity index (χ0n) is 12.5. The van der Waals surface area contributed by atoms with Crippen LogP contribution in [0.2, 0.25) is 0 Å². The van der Waals surface area contributed by atoms with Crippen LogP contribution >= 0.6 is 15.9 Å². The van der Waals surface area contributed by atoms with E-state index in [9.17, 15) is 0 Å². The molecule has 2 rings (SSSR count). The van der Waals surface area contributed by atoms with E-state index >= 15 is 0 Å². The van der Waals surface area contributed by atoms with Crippen LogP contribution in [0.4, 0.5) is 0 Å². The number of nitrogens with one attached hydrogen (secondary N) is 1. The lowest BCUT2D eigenvalue weighted by Gasteiger charge is -2.14. The molecule has 3 nitrogen and oxygen atoms in total. The summed E-state index contributed by atoms with van der Waals surface area (Å²) in [5.41, 5.74) is 2.33. The van der Waals surface area contributed by atoms with E-state index in [1.165, 1.54) is 5.56 Å². The Morgan fingerprint density at radius 1 is 1.24 bits per heavy atom. The summed E-state index contributed by atoms with van der Waals surface area (Å²) in [4.78, 5) is 4.13. The highest BCUT2D eigenvalue weighted by molar-refractivity contribution is 9.10. The molecular formula is C17H21BrN2O. The summed E-state index contributed by atoms with van der Waals surface area (Å²) < 4.78 is 6.75. The van der Waals surface area contributed by atoms with Crippen molar-refractivity contribution in [1.29, 1.82) is 0 Å². The van der Waals surface area contributed by atoms with Gasteiger partial charge in [-0.05, 0) is 59.6 Å². The van der Waals surface area contributed by atoms with Crippen molar-refractivity contribution in [2.24, 2.45) is 0 Å². The summed E-state index contributed by atoms with van der Waals surface area (Å²) in [7, 11) is 0. The predicted octanol–water partition coefficient (Wildman–Crippen LogP) is 4.48. The third-order valence-electron chi connectivity index (χ3n) is 3.25. The standard InChI is InChI=1S/C17H21BrN2O/c1-3-8-20-13(2)15-4-6-17(7-5-15)21-12-14-9-16(18)11-19-10-14/h4-7,9-11,13,20H,3,8,12H2,1-2H3. The number of hydrogen-bond donors (Lipinski definition) is 1. The summed E-state index contributed by atoms with van der Waals surface area (Å²) in [6.45, 7) is 5.91. The fourth-order valence-electron chi connectivity index (χ4n) is 2.03. The smallest absolute Gasteiger partial charge is 0.119 e. The maximum atomic E-state index is 5.78. The van der Waals surface area contributed by atoms with Gasteiger partial charge in [-0.15, -0.1) is 0 Å². The van der Waals surface area contributed by atoms with Crippen LogP contribution in [0, 0.1) is 0 Å². The summed E-state index contributed by atoms with van der Waals surface area (Å²) in [5, 5.41) is 3.48. The molecule has 0 amide bonds. The monoisotopic (exact) mass is 348 g/mol. The number of hydrogen-bond acceptors (Lipinski definition) is 3. The molecule has 4 heteroatoms. The first kappa shape index (κ1) is 16.0. The zero-order valence-corrected chi connectivity index (χ0v) is 14.1. The van der Waals surface area contributed by atoms with Gasteiger partial charge in [0, 0.05) is 28.5 Å². The highest BCUT2D eigenvalue weighted by Gasteiger charge is 2.04. The molecule has 1 heterocycles. The SMILES string of the molecule is CCCNC(C)c1ccc(OCc2cncc(Br)c2)cc1. The van der Waals surface area contributed by atoms with E-state index in [-0.39, 0.29) is 0 Å². The molecule has 0 aliphatic heterocycles. The Bertz CT molecular complexity index is 557. The van der Waals surface area contributed by atoms with Crippen LogP contribution in [0.25, 0.3) is 0 Å². The van der Waals surface area contributed by atoms with Crippen LogP contribution in [-0.4, -0.2) is 11.5 Å². The highest BCUT2D eigenvalue weighted by Crippen LogP contribution is 2.19. The third-order valence-corrected chi connectivity index (χ3v) is 3.68. The molecule has 1 unspecified atom stereocenters. The van der Waals surface area contributed by atoms with Crippen LogP contribution in [0.3, 0.4) is 0 Å². The Kier molecular flexibility index (Phi) is 6.21. The van der Waals surface area contributed by atoms with Gasteiger partial charge in [0.25, 0.3) is 0 Å². The molecule has 0 aliphatic carbocycles. The molecule has 1 N–H and O–H groups in total. The van der Waals surface area contributed by atoms with Gasteiger partial charge in [0.05, 0.1) is 0 Å². The van der Waals surface area contributed by atoms with E-state index in [4.69, 9.17) is 4.74 Å². The number of rotatable bonds is 7. The fraction of sp³-hybridized carbons (Fsp3) is 0.353. The molecule has 2 aromatic rings. The van der Waals surface area contributed by atoms with E-state index in [2.05, 4.69) is 52.2 Å². The van der Waals surface area contributed by atoms with Crippen molar-refractivity contribution in [3.05, 3.63) is 58.3 Å². The minimum absolute atomic E-state index is 0.369. The van der Waals surface area contributed by atoms with Crippen molar-refractivity contribution in [3.63, 3.8) is 0 Å². The van der Waals surface area contributed by atoms with E-state index in [0.717, 1.165) is 28.8 Å².